The van der Waals surface area contributed by atoms with Crippen molar-refractivity contribution >= 4 is 17.5 Å². The van der Waals surface area contributed by atoms with Crippen LogP contribution >= 0.6 is 0 Å². The van der Waals surface area contributed by atoms with Crippen molar-refractivity contribution in [3.8, 4) is 11.5 Å². The Kier molecular flexibility index (Phi) is 9.41. The minimum atomic E-state index is -0.400. The number of carbonyl (C=O) groups is 2. The van der Waals surface area contributed by atoms with E-state index in [-0.39, 0.29) is 17.7 Å². The highest BCUT2D eigenvalue weighted by Gasteiger charge is 2.41. The maximum absolute atomic E-state index is 13.5. The number of benzene rings is 2. The third-order valence-electron chi connectivity index (χ3n) is 7.60. The van der Waals surface area contributed by atoms with E-state index in [4.69, 9.17) is 9.47 Å². The number of amides is 2. The monoisotopic (exact) mass is 508 g/mol. The molecule has 2 aliphatic heterocycles. The van der Waals surface area contributed by atoms with Crippen molar-refractivity contribution in [3.63, 3.8) is 0 Å². The summed E-state index contributed by atoms with van der Waals surface area (Å²) in [4.78, 5) is 33.5. The van der Waals surface area contributed by atoms with Crippen LogP contribution in [0.25, 0.3) is 0 Å². The zero-order chi connectivity index (χ0) is 26.2. The lowest BCUT2D eigenvalue weighted by Gasteiger charge is -2.41. The third kappa shape index (κ3) is 6.62. The molecule has 2 aromatic carbocycles. The van der Waals surface area contributed by atoms with Gasteiger partial charge >= 0.3 is 0 Å². The van der Waals surface area contributed by atoms with Gasteiger partial charge in [-0.2, -0.15) is 0 Å². The van der Waals surface area contributed by atoms with Crippen molar-refractivity contribution in [2.24, 2.45) is 5.92 Å². The molecule has 2 fully saturated rings. The standard InChI is InChI=1S/C29H40N4O4/c1-4-31-18-20-32(21-19-31)17-5-16-30-29(35)26-14-15-27(34)33(23-8-12-25(37-3)13-9-23)28(26)22-6-10-24(36-2)11-7-22/h6-13,26,28H,4-5,14-21H2,1-3H3,(H,30,35)/t26-,28+/m0/s1. The maximum atomic E-state index is 13.5. The Balaban J connectivity index is 1.47. The molecule has 2 aromatic rings. The number of anilines is 1. The molecule has 4 rings (SSSR count). The van der Waals surface area contributed by atoms with Crippen molar-refractivity contribution in [1.29, 1.82) is 0 Å². The Hall–Kier alpha value is -3.10. The van der Waals surface area contributed by atoms with Crippen molar-refractivity contribution in [2.75, 3.05) is 64.9 Å². The molecule has 8 heteroatoms. The minimum absolute atomic E-state index is 0.00244. The number of nitrogens with one attached hydrogen (secondary N) is 1. The molecule has 0 unspecified atom stereocenters. The van der Waals surface area contributed by atoms with Crippen molar-refractivity contribution in [2.45, 2.75) is 32.2 Å². The minimum Gasteiger partial charge on any atom is -0.497 e. The van der Waals surface area contributed by atoms with Crippen LogP contribution in [0.5, 0.6) is 11.5 Å². The number of rotatable bonds is 10. The van der Waals surface area contributed by atoms with Crippen LogP contribution in [0.4, 0.5) is 5.69 Å². The number of hydrogen-bond donors (Lipinski definition) is 1. The van der Waals surface area contributed by atoms with E-state index in [9.17, 15) is 9.59 Å². The number of hydrogen-bond acceptors (Lipinski definition) is 6. The average molecular weight is 509 g/mol. The van der Waals surface area contributed by atoms with Gasteiger partial charge in [-0.15, -0.1) is 0 Å². The van der Waals surface area contributed by atoms with E-state index >= 15 is 0 Å². The fourth-order valence-electron chi connectivity index (χ4n) is 5.37. The highest BCUT2D eigenvalue weighted by atomic mass is 16.5. The summed E-state index contributed by atoms with van der Waals surface area (Å²) in [6.45, 7) is 9.34. The summed E-state index contributed by atoms with van der Waals surface area (Å²) in [6.07, 6.45) is 1.77. The van der Waals surface area contributed by atoms with Crippen LogP contribution in [0.1, 0.15) is 37.8 Å². The summed E-state index contributed by atoms with van der Waals surface area (Å²) in [5.74, 6) is 1.13. The zero-order valence-corrected chi connectivity index (χ0v) is 22.3. The molecule has 8 nitrogen and oxygen atoms in total. The largest absolute Gasteiger partial charge is 0.497 e. The SMILES string of the molecule is CCN1CCN(CCCNC(=O)[C@H]2CCC(=O)N(c3ccc(OC)cc3)[C@@H]2c2ccc(OC)cc2)CC1. The first-order chi connectivity index (χ1) is 18.0. The lowest BCUT2D eigenvalue weighted by Crippen LogP contribution is -2.49. The first-order valence-electron chi connectivity index (χ1n) is 13.4. The smallest absolute Gasteiger partial charge is 0.227 e. The van der Waals surface area contributed by atoms with Crippen LogP contribution < -0.4 is 19.7 Å². The highest BCUT2D eigenvalue weighted by Crippen LogP contribution is 2.40. The van der Waals surface area contributed by atoms with Gasteiger partial charge in [0.05, 0.1) is 26.2 Å². The van der Waals surface area contributed by atoms with Gasteiger partial charge in [-0.3, -0.25) is 9.59 Å². The number of ether oxygens (including phenoxy) is 2. The van der Waals surface area contributed by atoms with Crippen LogP contribution in [0.3, 0.4) is 0 Å². The van der Waals surface area contributed by atoms with E-state index in [0.29, 0.717) is 19.4 Å². The molecule has 1 N–H and O–H groups in total. The molecule has 2 amide bonds. The Morgan fingerprint density at radius 2 is 1.51 bits per heavy atom. The molecule has 0 saturated carbocycles. The van der Waals surface area contributed by atoms with Gasteiger partial charge in [0.15, 0.2) is 0 Å². The highest BCUT2D eigenvalue weighted by molar-refractivity contribution is 5.97. The van der Waals surface area contributed by atoms with Crippen molar-refractivity contribution < 1.29 is 19.1 Å². The first kappa shape index (κ1) is 26.9. The number of piperidine rings is 1. The summed E-state index contributed by atoms with van der Waals surface area (Å²) >= 11 is 0. The van der Waals surface area contributed by atoms with E-state index in [1.165, 1.54) is 0 Å². The summed E-state index contributed by atoms with van der Waals surface area (Å²) < 4.78 is 10.6. The number of methoxy groups -OCH3 is 2. The normalized spacial score (nSPS) is 21.1. The second-order valence-electron chi connectivity index (χ2n) is 9.75. The molecule has 0 radical (unpaired) electrons. The van der Waals surface area contributed by atoms with Gasteiger partial charge < -0.3 is 29.5 Å². The Labute approximate surface area is 220 Å². The van der Waals surface area contributed by atoms with E-state index < -0.39 is 6.04 Å². The van der Waals surface area contributed by atoms with E-state index in [1.54, 1.807) is 19.1 Å². The van der Waals surface area contributed by atoms with Gasteiger partial charge in [0, 0.05) is 44.8 Å². The van der Waals surface area contributed by atoms with Crippen LogP contribution in [0.15, 0.2) is 48.5 Å². The van der Waals surface area contributed by atoms with Gasteiger partial charge in [0.25, 0.3) is 0 Å². The van der Waals surface area contributed by atoms with Crippen molar-refractivity contribution in [3.05, 3.63) is 54.1 Å². The van der Waals surface area contributed by atoms with Crippen LogP contribution in [-0.4, -0.2) is 81.6 Å². The fourth-order valence-corrected chi connectivity index (χ4v) is 5.37. The molecular weight excluding hydrogens is 468 g/mol. The van der Waals surface area contributed by atoms with Gasteiger partial charge in [-0.25, -0.2) is 0 Å². The molecule has 2 saturated heterocycles. The summed E-state index contributed by atoms with van der Waals surface area (Å²) in [7, 11) is 3.25. The topological polar surface area (TPSA) is 74.4 Å². The molecular formula is C29H40N4O4. The number of likely N-dealkylation sites (N-methyl/N-ethyl adjacent to an activating group) is 1. The number of nitrogens with zero attached hydrogens (tertiary/aromatic N) is 3. The molecule has 0 aromatic heterocycles. The fraction of sp³-hybridized carbons (Fsp3) is 0.517. The lowest BCUT2D eigenvalue weighted by atomic mass is 9.83. The van der Waals surface area contributed by atoms with Crippen molar-refractivity contribution in [1.82, 2.24) is 15.1 Å². The molecule has 2 heterocycles. The van der Waals surface area contributed by atoms with Crippen LogP contribution in [0, 0.1) is 5.92 Å². The quantitative estimate of drug-likeness (QED) is 0.497. The Bertz CT molecular complexity index is 1020. The van der Waals surface area contributed by atoms with Gasteiger partial charge in [-0.1, -0.05) is 19.1 Å². The van der Waals surface area contributed by atoms with Crippen LogP contribution in [0.2, 0.25) is 0 Å². The Morgan fingerprint density at radius 3 is 2.11 bits per heavy atom. The van der Waals surface area contributed by atoms with E-state index in [1.807, 2.05) is 48.5 Å². The predicted octanol–water partition coefficient (Wildman–Crippen LogP) is 3.33. The van der Waals surface area contributed by atoms with Gasteiger partial charge in [0.1, 0.15) is 11.5 Å². The predicted molar refractivity (Wildman–Crippen MR) is 145 cm³/mol. The van der Waals surface area contributed by atoms with Gasteiger partial charge in [-0.05, 0) is 67.9 Å². The summed E-state index contributed by atoms with van der Waals surface area (Å²) in [6, 6.07) is 14.7. The second-order valence-corrected chi connectivity index (χ2v) is 9.75. The maximum Gasteiger partial charge on any atom is 0.227 e. The van der Waals surface area contributed by atoms with E-state index in [2.05, 4.69) is 22.0 Å². The molecule has 0 bridgehead atoms. The Morgan fingerprint density at radius 1 is 0.919 bits per heavy atom. The summed E-state index contributed by atoms with van der Waals surface area (Å²) in [5.41, 5.74) is 1.67. The number of carbonyl (C=O) groups excluding carboxylic acids is 2. The van der Waals surface area contributed by atoms with E-state index in [0.717, 1.165) is 68.4 Å². The third-order valence-corrected chi connectivity index (χ3v) is 7.60. The molecule has 0 aliphatic carbocycles. The summed E-state index contributed by atoms with van der Waals surface area (Å²) in [5, 5.41) is 3.18. The van der Waals surface area contributed by atoms with Gasteiger partial charge in [0.2, 0.25) is 11.8 Å². The zero-order valence-electron chi connectivity index (χ0n) is 22.3. The van der Waals surface area contributed by atoms with Crippen LogP contribution in [-0.2, 0) is 9.59 Å². The second kappa shape index (κ2) is 12.9. The molecule has 2 aliphatic rings. The molecule has 2 atom stereocenters. The molecule has 200 valence electrons. The average Bonchev–Trinajstić information content (AvgIpc) is 2.95. The molecule has 37 heavy (non-hydrogen) atoms. The molecule has 0 spiro atoms. The lowest BCUT2D eigenvalue weighted by molar-refractivity contribution is -0.129. The number of piperazine rings is 1. The first-order valence-corrected chi connectivity index (χ1v) is 13.4.